The highest BCUT2D eigenvalue weighted by Crippen LogP contribution is 2.36. The van der Waals surface area contributed by atoms with Crippen molar-refractivity contribution in [3.8, 4) is 28.7 Å². The van der Waals surface area contributed by atoms with E-state index in [9.17, 15) is 0 Å². The molecule has 0 fully saturated rings. The lowest BCUT2D eigenvalue weighted by molar-refractivity contribution is 0.262. The highest BCUT2D eigenvalue weighted by Gasteiger charge is 2.10. The number of ether oxygens (including phenoxy) is 5. The molecular weight excluding hydrogens is 322 g/mol. The maximum atomic E-state index is 5.78. The predicted molar refractivity (Wildman–Crippen MR) is 96.4 cm³/mol. The zero-order chi connectivity index (χ0) is 17.9. The van der Waals surface area contributed by atoms with Gasteiger partial charge < -0.3 is 29.0 Å². The Labute approximate surface area is 148 Å². The van der Waals surface area contributed by atoms with Crippen LogP contribution < -0.4 is 29.0 Å². The molecule has 0 saturated carbocycles. The molecule has 6 nitrogen and oxygen atoms in total. The van der Waals surface area contributed by atoms with Crippen LogP contribution in [0.25, 0.3) is 0 Å². The Bertz CT molecular complexity index is 625. The number of para-hydroxylation sites is 3. The van der Waals surface area contributed by atoms with Crippen LogP contribution >= 0.6 is 0 Å². The van der Waals surface area contributed by atoms with Crippen molar-refractivity contribution >= 4 is 0 Å². The molecule has 0 amide bonds. The number of hydrogen-bond donors (Lipinski definition) is 1. The maximum Gasteiger partial charge on any atom is 0.203 e. The molecule has 2 aromatic carbocycles. The molecule has 0 unspecified atom stereocenters. The average Bonchev–Trinajstić information content (AvgIpc) is 2.67. The van der Waals surface area contributed by atoms with Crippen molar-refractivity contribution in [1.82, 2.24) is 5.32 Å². The summed E-state index contributed by atoms with van der Waals surface area (Å²) in [5.41, 5.74) is 0. The van der Waals surface area contributed by atoms with Gasteiger partial charge in [-0.1, -0.05) is 18.2 Å². The maximum absolute atomic E-state index is 5.78. The molecule has 0 bridgehead atoms. The van der Waals surface area contributed by atoms with Crippen LogP contribution in [0.2, 0.25) is 0 Å². The molecule has 0 aliphatic carbocycles. The molecule has 0 aliphatic rings. The number of rotatable bonds is 11. The van der Waals surface area contributed by atoms with Gasteiger partial charge in [0, 0.05) is 13.1 Å². The average molecular weight is 347 g/mol. The number of hydrogen-bond acceptors (Lipinski definition) is 6. The van der Waals surface area contributed by atoms with E-state index in [1.165, 1.54) is 0 Å². The Morgan fingerprint density at radius 3 is 1.76 bits per heavy atom. The summed E-state index contributed by atoms with van der Waals surface area (Å²) in [6.45, 7) is 2.41. The van der Waals surface area contributed by atoms with Gasteiger partial charge in [0.1, 0.15) is 13.2 Å². The topological polar surface area (TPSA) is 58.2 Å². The standard InChI is InChI=1S/C19H25NO5/c1-21-15-7-4-5-8-16(15)24-13-11-20-12-14-25-19-17(22-2)9-6-10-18(19)23-3/h4-10,20H,11-14H2,1-3H3. The van der Waals surface area contributed by atoms with E-state index in [0.29, 0.717) is 43.6 Å². The van der Waals surface area contributed by atoms with Gasteiger partial charge in [0.05, 0.1) is 21.3 Å². The van der Waals surface area contributed by atoms with E-state index >= 15 is 0 Å². The predicted octanol–water partition coefficient (Wildman–Crippen LogP) is 2.76. The molecule has 6 heteroatoms. The molecule has 1 N–H and O–H groups in total. The molecule has 0 saturated heterocycles. The van der Waals surface area contributed by atoms with E-state index in [0.717, 1.165) is 11.5 Å². The molecule has 136 valence electrons. The van der Waals surface area contributed by atoms with Crippen molar-refractivity contribution in [3.05, 3.63) is 42.5 Å². The lowest BCUT2D eigenvalue weighted by Crippen LogP contribution is -2.26. The quantitative estimate of drug-likeness (QED) is 0.631. The van der Waals surface area contributed by atoms with Crippen LogP contribution in [0.15, 0.2) is 42.5 Å². The van der Waals surface area contributed by atoms with Crippen LogP contribution in [0.3, 0.4) is 0 Å². The summed E-state index contributed by atoms with van der Waals surface area (Å²) < 4.78 is 27.3. The summed E-state index contributed by atoms with van der Waals surface area (Å²) in [6.07, 6.45) is 0. The van der Waals surface area contributed by atoms with Gasteiger partial charge in [0.15, 0.2) is 23.0 Å². The monoisotopic (exact) mass is 347 g/mol. The Kier molecular flexibility index (Phi) is 7.72. The minimum absolute atomic E-state index is 0.491. The Morgan fingerprint density at radius 2 is 1.16 bits per heavy atom. The highest BCUT2D eigenvalue weighted by atomic mass is 16.5. The summed E-state index contributed by atoms with van der Waals surface area (Å²) in [5, 5.41) is 3.27. The van der Waals surface area contributed by atoms with Gasteiger partial charge in [-0.3, -0.25) is 0 Å². The van der Waals surface area contributed by atoms with Crippen molar-refractivity contribution in [3.63, 3.8) is 0 Å². The first-order valence-corrected chi connectivity index (χ1v) is 8.10. The van der Waals surface area contributed by atoms with Crippen LogP contribution in [0.4, 0.5) is 0 Å². The van der Waals surface area contributed by atoms with Crippen LogP contribution in [-0.2, 0) is 0 Å². The number of nitrogens with one attached hydrogen (secondary N) is 1. The summed E-state index contributed by atoms with van der Waals surface area (Å²) in [6, 6.07) is 13.1. The zero-order valence-electron chi connectivity index (χ0n) is 14.9. The van der Waals surface area contributed by atoms with E-state index in [4.69, 9.17) is 23.7 Å². The van der Waals surface area contributed by atoms with Crippen LogP contribution in [0.1, 0.15) is 0 Å². The first-order valence-electron chi connectivity index (χ1n) is 8.10. The van der Waals surface area contributed by atoms with Gasteiger partial charge in [-0.25, -0.2) is 0 Å². The van der Waals surface area contributed by atoms with Gasteiger partial charge in [0.2, 0.25) is 5.75 Å². The molecule has 0 atom stereocenters. The van der Waals surface area contributed by atoms with Crippen LogP contribution in [0.5, 0.6) is 28.7 Å². The van der Waals surface area contributed by atoms with Crippen LogP contribution in [-0.4, -0.2) is 47.6 Å². The number of methoxy groups -OCH3 is 3. The minimum Gasteiger partial charge on any atom is -0.493 e. The summed E-state index contributed by atoms with van der Waals surface area (Å²) in [5.74, 6) is 3.38. The Balaban J connectivity index is 1.69. The van der Waals surface area contributed by atoms with Gasteiger partial charge in [-0.15, -0.1) is 0 Å². The fraction of sp³-hybridized carbons (Fsp3) is 0.368. The summed E-state index contributed by atoms with van der Waals surface area (Å²) in [7, 11) is 4.84. The molecule has 0 aromatic heterocycles. The summed E-state index contributed by atoms with van der Waals surface area (Å²) in [4.78, 5) is 0. The van der Waals surface area contributed by atoms with Gasteiger partial charge in [-0.05, 0) is 24.3 Å². The second-order valence-corrected chi connectivity index (χ2v) is 5.09. The minimum atomic E-state index is 0.491. The molecule has 25 heavy (non-hydrogen) atoms. The highest BCUT2D eigenvalue weighted by molar-refractivity contribution is 5.51. The van der Waals surface area contributed by atoms with Gasteiger partial charge in [-0.2, -0.15) is 0 Å². The smallest absolute Gasteiger partial charge is 0.203 e. The normalized spacial score (nSPS) is 10.2. The van der Waals surface area contributed by atoms with E-state index < -0.39 is 0 Å². The van der Waals surface area contributed by atoms with E-state index in [-0.39, 0.29) is 0 Å². The van der Waals surface area contributed by atoms with E-state index in [1.807, 2.05) is 42.5 Å². The third-order valence-corrected chi connectivity index (χ3v) is 3.51. The second-order valence-electron chi connectivity index (χ2n) is 5.09. The fourth-order valence-corrected chi connectivity index (χ4v) is 2.28. The first kappa shape index (κ1) is 18.7. The third-order valence-electron chi connectivity index (χ3n) is 3.51. The SMILES string of the molecule is COc1ccccc1OCCNCCOc1c(OC)cccc1OC. The van der Waals surface area contributed by atoms with Crippen molar-refractivity contribution in [2.24, 2.45) is 0 Å². The molecule has 2 rings (SSSR count). The van der Waals surface area contributed by atoms with E-state index in [1.54, 1.807) is 21.3 Å². The molecule has 0 aliphatic heterocycles. The molecule has 0 radical (unpaired) electrons. The lowest BCUT2D eigenvalue weighted by atomic mass is 10.3. The van der Waals surface area contributed by atoms with Crippen molar-refractivity contribution in [1.29, 1.82) is 0 Å². The zero-order valence-corrected chi connectivity index (χ0v) is 14.9. The fourth-order valence-electron chi connectivity index (χ4n) is 2.28. The Hall–Kier alpha value is -2.60. The van der Waals surface area contributed by atoms with Crippen LogP contribution in [0, 0.1) is 0 Å². The van der Waals surface area contributed by atoms with Gasteiger partial charge in [0.25, 0.3) is 0 Å². The first-order chi connectivity index (χ1) is 12.3. The van der Waals surface area contributed by atoms with Gasteiger partial charge >= 0.3 is 0 Å². The lowest BCUT2D eigenvalue weighted by Gasteiger charge is -2.14. The largest absolute Gasteiger partial charge is 0.493 e. The van der Waals surface area contributed by atoms with E-state index in [2.05, 4.69) is 5.32 Å². The third kappa shape index (κ3) is 5.46. The number of benzene rings is 2. The Morgan fingerprint density at radius 1 is 0.640 bits per heavy atom. The summed E-state index contributed by atoms with van der Waals surface area (Å²) >= 11 is 0. The molecular formula is C19H25NO5. The molecule has 0 heterocycles. The molecule has 2 aromatic rings. The second kappa shape index (κ2) is 10.3. The van der Waals surface area contributed by atoms with Crippen molar-refractivity contribution in [2.45, 2.75) is 0 Å². The van der Waals surface area contributed by atoms with Crippen molar-refractivity contribution < 1.29 is 23.7 Å². The van der Waals surface area contributed by atoms with Crippen molar-refractivity contribution in [2.75, 3.05) is 47.6 Å². The molecule has 0 spiro atoms.